The van der Waals surface area contributed by atoms with Crippen molar-refractivity contribution in [2.75, 3.05) is 12.0 Å². The van der Waals surface area contributed by atoms with E-state index in [1.807, 2.05) is 37.3 Å². The van der Waals surface area contributed by atoms with Crippen molar-refractivity contribution in [3.63, 3.8) is 0 Å². The Kier molecular flexibility index (Phi) is 7.77. The smallest absolute Gasteiger partial charge is 0.301 e. The van der Waals surface area contributed by atoms with Crippen molar-refractivity contribution in [1.82, 2.24) is 0 Å². The molecule has 0 radical (unpaired) electrons. The summed E-state index contributed by atoms with van der Waals surface area (Å²) in [5, 5.41) is 26.4. The van der Waals surface area contributed by atoms with Gasteiger partial charge in [0.15, 0.2) is 11.5 Å². The third-order valence-electron chi connectivity index (χ3n) is 4.35. The van der Waals surface area contributed by atoms with Crippen LogP contribution in [0.5, 0.6) is 11.5 Å². The molecule has 0 spiro atoms. The van der Waals surface area contributed by atoms with Crippen LogP contribution >= 0.6 is 11.6 Å². The van der Waals surface area contributed by atoms with Gasteiger partial charge in [0.2, 0.25) is 0 Å². The van der Waals surface area contributed by atoms with Gasteiger partial charge in [-0.05, 0) is 36.2 Å². The molecule has 0 atom stereocenters. The highest BCUT2D eigenvalue weighted by Gasteiger charge is 2.19. The van der Waals surface area contributed by atoms with Crippen molar-refractivity contribution in [2.45, 2.75) is 13.5 Å². The standard InChI is InChI=1S/C22H19ClN4O6/c1-2-32-21-11-16(10-18(23)22(21)33-14-15-6-4-3-5-7-15)13-24-25-19-9-8-17(26(28)29)12-20(19)27(30)31/h3-13,25H,2,14H2,1H3/b24-13-. The number of benzene rings is 3. The number of anilines is 1. The molecule has 0 amide bonds. The maximum absolute atomic E-state index is 11.2. The van der Waals surface area contributed by atoms with Crippen LogP contribution < -0.4 is 14.9 Å². The molecule has 3 aromatic rings. The monoisotopic (exact) mass is 470 g/mol. The van der Waals surface area contributed by atoms with E-state index in [-0.39, 0.29) is 5.69 Å². The molecule has 0 aliphatic carbocycles. The first-order valence-corrected chi connectivity index (χ1v) is 10.1. The molecule has 0 fully saturated rings. The van der Waals surface area contributed by atoms with Crippen molar-refractivity contribution in [2.24, 2.45) is 5.10 Å². The lowest BCUT2D eigenvalue weighted by atomic mass is 10.2. The number of nitrogens with one attached hydrogen (secondary N) is 1. The molecule has 0 bridgehead atoms. The summed E-state index contributed by atoms with van der Waals surface area (Å²) in [6.07, 6.45) is 1.39. The fraction of sp³-hybridized carbons (Fsp3) is 0.136. The summed E-state index contributed by atoms with van der Waals surface area (Å²) in [6, 6.07) is 16.1. The lowest BCUT2D eigenvalue weighted by molar-refractivity contribution is -0.393. The average Bonchev–Trinajstić information content (AvgIpc) is 2.79. The molecule has 0 saturated heterocycles. The molecule has 0 unspecified atom stereocenters. The van der Waals surface area contributed by atoms with E-state index >= 15 is 0 Å². The van der Waals surface area contributed by atoms with Gasteiger partial charge in [0, 0.05) is 6.07 Å². The summed E-state index contributed by atoms with van der Waals surface area (Å²) >= 11 is 6.41. The van der Waals surface area contributed by atoms with E-state index < -0.39 is 21.2 Å². The van der Waals surface area contributed by atoms with Crippen LogP contribution in [-0.2, 0) is 6.61 Å². The van der Waals surface area contributed by atoms with Crippen molar-refractivity contribution in [1.29, 1.82) is 0 Å². The van der Waals surface area contributed by atoms with E-state index in [2.05, 4.69) is 10.5 Å². The molecule has 11 heteroatoms. The highest BCUT2D eigenvalue weighted by molar-refractivity contribution is 6.32. The average molecular weight is 471 g/mol. The quantitative estimate of drug-likeness (QED) is 0.232. The third-order valence-corrected chi connectivity index (χ3v) is 4.63. The lowest BCUT2D eigenvalue weighted by Gasteiger charge is -2.14. The zero-order chi connectivity index (χ0) is 23.8. The summed E-state index contributed by atoms with van der Waals surface area (Å²) in [4.78, 5) is 20.7. The van der Waals surface area contributed by atoms with Crippen molar-refractivity contribution < 1.29 is 19.3 Å². The topological polar surface area (TPSA) is 129 Å². The van der Waals surface area contributed by atoms with Gasteiger partial charge >= 0.3 is 5.69 Å². The van der Waals surface area contributed by atoms with Crippen molar-refractivity contribution in [3.8, 4) is 11.5 Å². The van der Waals surface area contributed by atoms with Gasteiger partial charge in [-0.25, -0.2) is 0 Å². The second-order valence-corrected chi connectivity index (χ2v) is 7.03. The van der Waals surface area contributed by atoms with Crippen LogP contribution in [0.15, 0.2) is 65.8 Å². The van der Waals surface area contributed by atoms with E-state index in [9.17, 15) is 20.2 Å². The second kappa shape index (κ2) is 10.9. The second-order valence-electron chi connectivity index (χ2n) is 6.62. The number of hydrogen-bond acceptors (Lipinski definition) is 8. The van der Waals surface area contributed by atoms with Crippen LogP contribution in [0.3, 0.4) is 0 Å². The van der Waals surface area contributed by atoms with Gasteiger partial charge in [0.25, 0.3) is 5.69 Å². The summed E-state index contributed by atoms with van der Waals surface area (Å²) < 4.78 is 11.5. The predicted molar refractivity (Wildman–Crippen MR) is 124 cm³/mol. The number of rotatable bonds is 10. The lowest BCUT2D eigenvalue weighted by Crippen LogP contribution is -2.02. The summed E-state index contributed by atoms with van der Waals surface area (Å²) in [5.74, 6) is 0.808. The number of ether oxygens (including phenoxy) is 2. The maximum atomic E-state index is 11.2. The summed E-state index contributed by atoms with van der Waals surface area (Å²) in [6.45, 7) is 2.51. The van der Waals surface area contributed by atoms with Gasteiger partial charge in [-0.2, -0.15) is 5.10 Å². The molecular formula is C22H19ClN4O6. The van der Waals surface area contributed by atoms with E-state index in [4.69, 9.17) is 21.1 Å². The Morgan fingerprint density at radius 1 is 1.03 bits per heavy atom. The van der Waals surface area contributed by atoms with E-state index in [1.54, 1.807) is 12.1 Å². The number of nitro benzene ring substituents is 2. The first-order chi connectivity index (χ1) is 15.9. The third kappa shape index (κ3) is 6.17. The van der Waals surface area contributed by atoms with E-state index in [0.29, 0.717) is 35.3 Å². The van der Waals surface area contributed by atoms with Crippen LogP contribution in [0.4, 0.5) is 17.1 Å². The molecule has 0 aliphatic heterocycles. The molecule has 170 valence electrons. The SMILES string of the molecule is CCOc1cc(/C=N\Nc2ccc([N+](=O)[O-])cc2[N+](=O)[O-])cc(Cl)c1OCc1ccccc1. The Bertz CT molecular complexity index is 1190. The molecule has 33 heavy (non-hydrogen) atoms. The Labute approximate surface area is 193 Å². The van der Waals surface area contributed by atoms with Crippen LogP contribution in [0.2, 0.25) is 5.02 Å². The minimum atomic E-state index is -0.728. The number of halogens is 1. The molecule has 0 heterocycles. The van der Waals surface area contributed by atoms with Crippen molar-refractivity contribution >= 4 is 34.9 Å². The number of hydrogen-bond donors (Lipinski definition) is 1. The van der Waals surface area contributed by atoms with Gasteiger partial charge in [-0.15, -0.1) is 0 Å². The van der Waals surface area contributed by atoms with E-state index in [1.165, 1.54) is 12.3 Å². The number of nitro groups is 2. The van der Waals surface area contributed by atoms with Crippen LogP contribution in [0, 0.1) is 20.2 Å². The molecular weight excluding hydrogens is 452 g/mol. The van der Waals surface area contributed by atoms with Gasteiger partial charge in [-0.1, -0.05) is 41.9 Å². The molecule has 3 rings (SSSR count). The molecule has 10 nitrogen and oxygen atoms in total. The fourth-order valence-electron chi connectivity index (χ4n) is 2.85. The first kappa shape index (κ1) is 23.5. The first-order valence-electron chi connectivity index (χ1n) is 9.74. The summed E-state index contributed by atoms with van der Waals surface area (Å²) in [5.41, 5.74) is 3.18. The molecule has 0 aliphatic rings. The van der Waals surface area contributed by atoms with Gasteiger partial charge in [0.05, 0.1) is 33.8 Å². The minimum absolute atomic E-state index is 0.000734. The predicted octanol–water partition coefficient (Wildman–Crippen LogP) is 5.58. The van der Waals surface area contributed by atoms with Gasteiger partial charge in [0.1, 0.15) is 12.3 Å². The number of non-ortho nitro benzene ring substituents is 1. The molecule has 3 aromatic carbocycles. The normalized spacial score (nSPS) is 10.7. The van der Waals surface area contributed by atoms with Crippen LogP contribution in [0.25, 0.3) is 0 Å². The van der Waals surface area contributed by atoms with Gasteiger partial charge in [-0.3, -0.25) is 25.7 Å². The largest absolute Gasteiger partial charge is 0.490 e. The van der Waals surface area contributed by atoms with E-state index in [0.717, 1.165) is 17.7 Å². The Morgan fingerprint density at radius 3 is 2.45 bits per heavy atom. The molecule has 0 aromatic heterocycles. The minimum Gasteiger partial charge on any atom is -0.490 e. The number of nitrogens with zero attached hydrogens (tertiary/aromatic N) is 3. The van der Waals surface area contributed by atoms with Crippen LogP contribution in [-0.4, -0.2) is 22.7 Å². The Balaban J connectivity index is 1.79. The summed E-state index contributed by atoms with van der Waals surface area (Å²) in [7, 11) is 0. The van der Waals surface area contributed by atoms with Crippen molar-refractivity contribution in [3.05, 3.63) is 97.0 Å². The van der Waals surface area contributed by atoms with Gasteiger partial charge < -0.3 is 9.47 Å². The highest BCUT2D eigenvalue weighted by Crippen LogP contribution is 2.37. The highest BCUT2D eigenvalue weighted by atomic mass is 35.5. The number of hydrazone groups is 1. The zero-order valence-electron chi connectivity index (χ0n) is 17.4. The Morgan fingerprint density at radius 2 is 1.79 bits per heavy atom. The zero-order valence-corrected chi connectivity index (χ0v) is 18.2. The maximum Gasteiger partial charge on any atom is 0.301 e. The fourth-order valence-corrected chi connectivity index (χ4v) is 3.12. The molecule has 0 saturated carbocycles. The Hall–Kier alpha value is -4.18. The van der Waals surface area contributed by atoms with Crippen LogP contribution in [0.1, 0.15) is 18.1 Å². The molecule has 1 N–H and O–H groups in total.